The highest BCUT2D eigenvalue weighted by molar-refractivity contribution is 5.80. The number of rotatable bonds is 7. The maximum Gasteiger partial charge on any atom is 0.247 e. The molecule has 2 N–H and O–H groups in total. The number of hydrogen-bond acceptors (Lipinski definition) is 6. The van der Waals surface area contributed by atoms with Gasteiger partial charge in [0, 0.05) is 51.8 Å². The van der Waals surface area contributed by atoms with Gasteiger partial charge in [-0.05, 0) is 24.2 Å². The van der Waals surface area contributed by atoms with Gasteiger partial charge in [-0.1, -0.05) is 24.3 Å². The van der Waals surface area contributed by atoms with Crippen molar-refractivity contribution in [3.8, 4) is 5.75 Å². The summed E-state index contributed by atoms with van der Waals surface area (Å²) in [6, 6.07) is 6.37. The molecule has 8 heteroatoms. The largest absolute Gasteiger partial charge is 0.508 e. The molecule has 1 aromatic heterocycles. The van der Waals surface area contributed by atoms with Crippen LogP contribution in [0.15, 0.2) is 30.5 Å². The van der Waals surface area contributed by atoms with Gasteiger partial charge in [-0.15, -0.1) is 5.10 Å². The monoisotopic (exact) mass is 373 g/mol. The Morgan fingerprint density at radius 1 is 1.19 bits per heavy atom. The van der Waals surface area contributed by atoms with Crippen LogP contribution in [0.5, 0.6) is 5.75 Å². The second-order valence-electron chi connectivity index (χ2n) is 6.81. The molecule has 1 atom stereocenters. The number of hydrogen-bond donors (Lipinski definition) is 2. The van der Waals surface area contributed by atoms with Crippen molar-refractivity contribution in [1.82, 2.24) is 24.8 Å². The van der Waals surface area contributed by atoms with Gasteiger partial charge in [0.15, 0.2) is 0 Å². The van der Waals surface area contributed by atoms with Gasteiger partial charge in [0.25, 0.3) is 0 Å². The number of phenols is 1. The second-order valence-corrected chi connectivity index (χ2v) is 6.81. The minimum Gasteiger partial charge on any atom is -0.508 e. The zero-order valence-electron chi connectivity index (χ0n) is 15.7. The van der Waals surface area contributed by atoms with Crippen molar-refractivity contribution in [2.45, 2.75) is 25.8 Å². The smallest absolute Gasteiger partial charge is 0.247 e. The van der Waals surface area contributed by atoms with E-state index in [2.05, 4.69) is 22.1 Å². The number of nitrogens with zero attached hydrogens (tertiary/aromatic N) is 5. The SMILES string of the molecule is CCN1CCN(C(=O)[C@H](Cc2ccc(O)cc2)n2cc(CCO)nn2)CC1. The van der Waals surface area contributed by atoms with Gasteiger partial charge in [0.05, 0.1) is 5.69 Å². The van der Waals surface area contributed by atoms with E-state index in [0.717, 1.165) is 25.2 Å². The summed E-state index contributed by atoms with van der Waals surface area (Å²) >= 11 is 0. The van der Waals surface area contributed by atoms with E-state index in [1.807, 2.05) is 17.0 Å². The highest BCUT2D eigenvalue weighted by Gasteiger charge is 2.29. The Hall–Kier alpha value is -2.45. The first kappa shape index (κ1) is 19.3. The molecule has 2 aromatic rings. The fourth-order valence-corrected chi connectivity index (χ4v) is 3.34. The van der Waals surface area contributed by atoms with Gasteiger partial charge < -0.3 is 20.0 Å². The minimum atomic E-state index is -0.498. The van der Waals surface area contributed by atoms with E-state index >= 15 is 0 Å². The highest BCUT2D eigenvalue weighted by Crippen LogP contribution is 2.20. The summed E-state index contributed by atoms with van der Waals surface area (Å²) in [5.74, 6) is 0.225. The van der Waals surface area contributed by atoms with Crippen molar-refractivity contribution in [1.29, 1.82) is 0 Å². The van der Waals surface area contributed by atoms with Crippen LogP contribution in [-0.2, 0) is 17.6 Å². The van der Waals surface area contributed by atoms with E-state index in [1.54, 1.807) is 23.0 Å². The first-order valence-electron chi connectivity index (χ1n) is 9.41. The quantitative estimate of drug-likeness (QED) is 0.733. The number of carbonyl (C=O) groups is 1. The molecule has 1 fully saturated rings. The van der Waals surface area contributed by atoms with Crippen molar-refractivity contribution in [3.05, 3.63) is 41.7 Å². The third-order valence-electron chi connectivity index (χ3n) is 5.03. The first-order valence-corrected chi connectivity index (χ1v) is 9.41. The number of carbonyl (C=O) groups excluding carboxylic acids is 1. The Bertz CT molecular complexity index is 738. The minimum absolute atomic E-state index is 0.00571. The lowest BCUT2D eigenvalue weighted by Crippen LogP contribution is -2.50. The maximum absolute atomic E-state index is 13.3. The topological polar surface area (TPSA) is 94.7 Å². The molecule has 0 spiro atoms. The number of aromatic nitrogens is 3. The Balaban J connectivity index is 1.79. The molecule has 27 heavy (non-hydrogen) atoms. The van der Waals surface area contributed by atoms with Crippen LogP contribution in [0.2, 0.25) is 0 Å². The molecule has 0 unspecified atom stereocenters. The van der Waals surface area contributed by atoms with Crippen LogP contribution >= 0.6 is 0 Å². The lowest BCUT2D eigenvalue weighted by molar-refractivity contribution is -0.136. The zero-order chi connectivity index (χ0) is 19.2. The third-order valence-corrected chi connectivity index (χ3v) is 5.03. The molecule has 0 radical (unpaired) electrons. The zero-order valence-corrected chi connectivity index (χ0v) is 15.7. The van der Waals surface area contributed by atoms with Crippen LogP contribution in [0, 0.1) is 0 Å². The molecule has 3 rings (SSSR count). The van der Waals surface area contributed by atoms with E-state index in [1.165, 1.54) is 0 Å². The fourth-order valence-electron chi connectivity index (χ4n) is 3.34. The number of piperazine rings is 1. The summed E-state index contributed by atoms with van der Waals surface area (Å²) < 4.78 is 1.60. The van der Waals surface area contributed by atoms with Crippen LogP contribution in [0.1, 0.15) is 24.2 Å². The predicted molar refractivity (Wildman–Crippen MR) is 100 cm³/mol. The van der Waals surface area contributed by atoms with Crippen molar-refractivity contribution < 1.29 is 15.0 Å². The molecular weight excluding hydrogens is 346 g/mol. The number of phenolic OH excluding ortho intramolecular Hbond substituents is 1. The normalized spacial score (nSPS) is 16.4. The molecule has 0 saturated carbocycles. The predicted octanol–water partition coefficient (Wildman–Crippen LogP) is 0.466. The maximum atomic E-state index is 13.3. The summed E-state index contributed by atoms with van der Waals surface area (Å²) in [6.07, 6.45) is 2.62. The molecule has 2 heterocycles. The standard InChI is InChI=1S/C19H27N5O3/c1-2-22-8-10-23(11-9-22)19(27)18(13-15-3-5-17(26)6-4-15)24-14-16(7-12-25)20-21-24/h3-6,14,18,25-26H,2,7-13H2,1H3/t18-/m0/s1. The molecule has 0 bridgehead atoms. The van der Waals surface area contributed by atoms with E-state index in [-0.39, 0.29) is 18.3 Å². The van der Waals surface area contributed by atoms with Crippen LogP contribution in [0.3, 0.4) is 0 Å². The average Bonchev–Trinajstić information content (AvgIpc) is 3.16. The van der Waals surface area contributed by atoms with Crippen molar-refractivity contribution in [2.75, 3.05) is 39.3 Å². The van der Waals surface area contributed by atoms with Gasteiger partial charge in [0.1, 0.15) is 11.8 Å². The van der Waals surface area contributed by atoms with Gasteiger partial charge in [-0.3, -0.25) is 4.79 Å². The molecule has 0 aliphatic carbocycles. The average molecular weight is 373 g/mol. The molecule has 8 nitrogen and oxygen atoms in total. The number of aliphatic hydroxyl groups is 1. The Kier molecular flexibility index (Phi) is 6.41. The summed E-state index contributed by atoms with van der Waals surface area (Å²) in [6.45, 7) is 6.28. The molecule has 1 aliphatic rings. The molecule has 146 valence electrons. The van der Waals surface area contributed by atoms with Crippen LogP contribution in [0.4, 0.5) is 0 Å². The van der Waals surface area contributed by atoms with E-state index in [4.69, 9.17) is 5.11 Å². The van der Waals surface area contributed by atoms with Gasteiger partial charge in [-0.25, -0.2) is 4.68 Å². The Morgan fingerprint density at radius 2 is 1.89 bits per heavy atom. The summed E-state index contributed by atoms with van der Waals surface area (Å²) in [7, 11) is 0. The summed E-state index contributed by atoms with van der Waals surface area (Å²) in [5, 5.41) is 26.8. The number of benzene rings is 1. The molecule has 1 aliphatic heterocycles. The highest BCUT2D eigenvalue weighted by atomic mass is 16.3. The number of aromatic hydroxyl groups is 1. The van der Waals surface area contributed by atoms with Crippen LogP contribution in [0.25, 0.3) is 0 Å². The van der Waals surface area contributed by atoms with Gasteiger partial charge in [0.2, 0.25) is 5.91 Å². The first-order chi connectivity index (χ1) is 13.1. The Labute approximate surface area is 159 Å². The summed E-state index contributed by atoms with van der Waals surface area (Å²) in [4.78, 5) is 17.5. The molecular formula is C19H27N5O3. The fraction of sp³-hybridized carbons (Fsp3) is 0.526. The number of amides is 1. The number of likely N-dealkylation sites (N-methyl/N-ethyl adjacent to an activating group) is 1. The molecule has 1 aromatic carbocycles. The van der Waals surface area contributed by atoms with E-state index in [9.17, 15) is 9.90 Å². The lowest BCUT2D eigenvalue weighted by Gasteiger charge is -2.35. The molecule has 1 amide bonds. The lowest BCUT2D eigenvalue weighted by atomic mass is 10.0. The second kappa shape index (κ2) is 8.96. The van der Waals surface area contributed by atoms with E-state index in [0.29, 0.717) is 31.6 Å². The van der Waals surface area contributed by atoms with Gasteiger partial charge in [-0.2, -0.15) is 0 Å². The van der Waals surface area contributed by atoms with Crippen molar-refractivity contribution in [2.24, 2.45) is 0 Å². The Morgan fingerprint density at radius 3 is 2.52 bits per heavy atom. The summed E-state index contributed by atoms with van der Waals surface area (Å²) in [5.41, 5.74) is 1.61. The van der Waals surface area contributed by atoms with Gasteiger partial charge >= 0.3 is 0 Å². The molecule has 1 saturated heterocycles. The van der Waals surface area contributed by atoms with Crippen LogP contribution < -0.4 is 0 Å². The van der Waals surface area contributed by atoms with Crippen LogP contribution in [-0.4, -0.2) is 80.2 Å². The number of aliphatic hydroxyl groups excluding tert-OH is 1. The van der Waals surface area contributed by atoms with Crippen molar-refractivity contribution in [3.63, 3.8) is 0 Å². The van der Waals surface area contributed by atoms with E-state index < -0.39 is 6.04 Å². The van der Waals surface area contributed by atoms with Crippen molar-refractivity contribution >= 4 is 5.91 Å². The third kappa shape index (κ3) is 4.84.